The van der Waals surface area contributed by atoms with Gasteiger partial charge in [0, 0.05) is 5.56 Å². The first-order valence-electron chi connectivity index (χ1n) is 7.89. The average Bonchev–Trinajstić information content (AvgIpc) is 3.04. The smallest absolute Gasteiger partial charge is 0.406 e. The number of hydrogen-bond donors (Lipinski definition) is 1. The van der Waals surface area contributed by atoms with Crippen molar-refractivity contribution in [3.63, 3.8) is 0 Å². The molecule has 1 aromatic heterocycles. The van der Waals surface area contributed by atoms with Crippen LogP contribution in [0.15, 0.2) is 47.4 Å². The molecule has 0 aliphatic heterocycles. The van der Waals surface area contributed by atoms with Crippen molar-refractivity contribution in [3.05, 3.63) is 53.9 Å². The predicted octanol–water partition coefficient (Wildman–Crippen LogP) is 4.40. The zero-order valence-corrected chi connectivity index (χ0v) is 15.0. The van der Waals surface area contributed by atoms with Gasteiger partial charge in [-0.2, -0.15) is 8.78 Å². The van der Waals surface area contributed by atoms with Gasteiger partial charge in [-0.05, 0) is 30.3 Å². The molecule has 0 unspecified atom stereocenters. The number of nitrogens with one attached hydrogen (secondary N) is 1. The summed E-state index contributed by atoms with van der Waals surface area (Å²) in [5.41, 5.74) is -0.617. The van der Waals surface area contributed by atoms with Crippen LogP contribution >= 0.6 is 0 Å². The van der Waals surface area contributed by atoms with Crippen LogP contribution in [0.2, 0.25) is 0 Å². The van der Waals surface area contributed by atoms with E-state index in [1.54, 1.807) is 0 Å². The molecule has 2 aromatic carbocycles. The van der Waals surface area contributed by atoms with E-state index in [1.807, 2.05) is 0 Å². The molecule has 150 valence electrons. The summed E-state index contributed by atoms with van der Waals surface area (Å²) in [6.07, 6.45) is -5.02. The van der Waals surface area contributed by atoms with Gasteiger partial charge >= 0.3 is 12.3 Å². The van der Waals surface area contributed by atoms with Crippen LogP contribution in [-0.4, -0.2) is 30.5 Å². The van der Waals surface area contributed by atoms with Crippen LogP contribution in [0.5, 0.6) is 5.75 Å². The Morgan fingerprint density at radius 3 is 2.43 bits per heavy atom. The Bertz CT molecular complexity index is 1120. The number of ether oxygens (including phenoxy) is 1. The molecule has 3 rings (SSSR count). The van der Waals surface area contributed by atoms with Crippen LogP contribution in [0.25, 0.3) is 11.0 Å². The van der Waals surface area contributed by atoms with Crippen molar-refractivity contribution in [1.82, 2.24) is 9.97 Å². The summed E-state index contributed by atoms with van der Waals surface area (Å²) in [5, 5.41) is 0. The zero-order valence-electron chi connectivity index (χ0n) is 14.2. The Hall–Kier alpha value is -2.69. The fourth-order valence-corrected chi connectivity index (χ4v) is 3.43. The number of benzene rings is 2. The van der Waals surface area contributed by atoms with Gasteiger partial charge in [-0.25, -0.2) is 13.4 Å². The first kappa shape index (κ1) is 20.1. The van der Waals surface area contributed by atoms with E-state index in [0.29, 0.717) is 6.07 Å². The van der Waals surface area contributed by atoms with E-state index in [2.05, 4.69) is 14.7 Å². The number of imidazole rings is 1. The van der Waals surface area contributed by atoms with E-state index in [9.17, 15) is 30.4 Å². The van der Waals surface area contributed by atoms with Crippen molar-refractivity contribution in [1.29, 1.82) is 0 Å². The zero-order chi connectivity index (χ0) is 20.7. The van der Waals surface area contributed by atoms with Crippen molar-refractivity contribution in [3.8, 4) is 5.75 Å². The van der Waals surface area contributed by atoms with Gasteiger partial charge < -0.3 is 9.72 Å². The molecule has 0 fully saturated rings. The molecule has 0 saturated carbocycles. The number of fused-ring (bicyclic) bond motifs is 1. The molecule has 0 saturated heterocycles. The van der Waals surface area contributed by atoms with Crippen LogP contribution in [0, 0.1) is 0 Å². The maximum Gasteiger partial charge on any atom is 0.573 e. The van der Waals surface area contributed by atoms with Crippen LogP contribution in [0.4, 0.5) is 22.0 Å². The van der Waals surface area contributed by atoms with E-state index in [0.717, 1.165) is 18.2 Å². The highest BCUT2D eigenvalue weighted by Gasteiger charge is 2.39. The van der Waals surface area contributed by atoms with E-state index in [-0.39, 0.29) is 21.7 Å². The van der Waals surface area contributed by atoms with Crippen LogP contribution in [0.3, 0.4) is 0 Å². The van der Waals surface area contributed by atoms with Gasteiger partial charge in [-0.1, -0.05) is 19.1 Å². The molecular weight excluding hydrogens is 407 g/mol. The first-order chi connectivity index (χ1) is 12.9. The van der Waals surface area contributed by atoms with Gasteiger partial charge in [-0.15, -0.1) is 13.2 Å². The first-order valence-corrected chi connectivity index (χ1v) is 9.55. The third kappa shape index (κ3) is 3.93. The minimum atomic E-state index is -5.02. The van der Waals surface area contributed by atoms with E-state index >= 15 is 0 Å². The van der Waals surface area contributed by atoms with Gasteiger partial charge in [0.25, 0.3) is 0 Å². The summed E-state index contributed by atoms with van der Waals surface area (Å²) >= 11 is 0. The Morgan fingerprint density at radius 1 is 1.07 bits per heavy atom. The Morgan fingerprint density at radius 2 is 1.79 bits per heavy atom. The van der Waals surface area contributed by atoms with E-state index in [4.69, 9.17) is 0 Å². The molecule has 0 aliphatic carbocycles. The Kier molecular flexibility index (Phi) is 4.82. The maximum absolute atomic E-state index is 14.8. The highest BCUT2D eigenvalue weighted by Crippen LogP contribution is 2.37. The fraction of sp³-hybridized carbons (Fsp3) is 0.235. The van der Waals surface area contributed by atoms with Crippen molar-refractivity contribution >= 4 is 20.9 Å². The lowest BCUT2D eigenvalue weighted by molar-refractivity contribution is -0.274. The van der Waals surface area contributed by atoms with Crippen LogP contribution in [-0.2, 0) is 15.8 Å². The Labute approximate surface area is 156 Å². The van der Waals surface area contributed by atoms with Crippen LogP contribution in [0.1, 0.15) is 18.3 Å². The number of aromatic amines is 1. The maximum atomic E-state index is 14.8. The predicted molar refractivity (Wildman–Crippen MR) is 89.9 cm³/mol. The van der Waals surface area contributed by atoms with Gasteiger partial charge in [0.1, 0.15) is 5.75 Å². The van der Waals surface area contributed by atoms with Crippen molar-refractivity contribution in [2.24, 2.45) is 0 Å². The highest BCUT2D eigenvalue weighted by atomic mass is 32.2. The fourth-order valence-electron chi connectivity index (χ4n) is 2.52. The second-order valence-corrected chi connectivity index (χ2v) is 8.10. The summed E-state index contributed by atoms with van der Waals surface area (Å²) in [6.45, 7) is 1.45. The summed E-state index contributed by atoms with van der Waals surface area (Å²) in [7, 11) is -3.55. The molecule has 0 atom stereocenters. The summed E-state index contributed by atoms with van der Waals surface area (Å²) < 4.78 is 94.1. The normalized spacial score (nSPS) is 13.1. The summed E-state index contributed by atoms with van der Waals surface area (Å²) in [5.74, 6) is -5.56. The number of nitrogens with zero attached hydrogens (tertiary/aromatic N) is 1. The molecule has 1 heterocycles. The minimum Gasteiger partial charge on any atom is -0.406 e. The minimum absolute atomic E-state index is 0.0541. The molecule has 11 heteroatoms. The number of hydrogen-bond acceptors (Lipinski definition) is 4. The number of rotatable bonds is 5. The van der Waals surface area contributed by atoms with Crippen molar-refractivity contribution < 1.29 is 35.1 Å². The van der Waals surface area contributed by atoms with Crippen molar-refractivity contribution in [2.45, 2.75) is 24.1 Å². The van der Waals surface area contributed by atoms with Gasteiger partial charge in [0.2, 0.25) is 0 Å². The molecule has 5 nitrogen and oxygen atoms in total. The van der Waals surface area contributed by atoms with E-state index in [1.165, 1.54) is 25.1 Å². The number of alkyl halides is 5. The summed E-state index contributed by atoms with van der Waals surface area (Å²) in [6, 6.07) is 7.10. The van der Waals surface area contributed by atoms with Crippen LogP contribution < -0.4 is 4.74 Å². The van der Waals surface area contributed by atoms with Gasteiger partial charge in [-0.3, -0.25) is 0 Å². The summed E-state index contributed by atoms with van der Waals surface area (Å²) in [4.78, 5) is 6.05. The number of H-pyrrole nitrogens is 1. The molecule has 0 bridgehead atoms. The van der Waals surface area contributed by atoms with Crippen molar-refractivity contribution in [2.75, 3.05) is 5.75 Å². The molecule has 0 spiro atoms. The molecule has 0 radical (unpaired) electrons. The average molecular weight is 420 g/mol. The van der Waals surface area contributed by atoms with E-state index < -0.39 is 39.3 Å². The number of halogens is 5. The lowest BCUT2D eigenvalue weighted by atomic mass is 10.1. The third-order valence-corrected chi connectivity index (χ3v) is 5.65. The topological polar surface area (TPSA) is 72.1 Å². The third-order valence-electron chi connectivity index (χ3n) is 3.92. The van der Waals surface area contributed by atoms with Gasteiger partial charge in [0.05, 0.1) is 21.7 Å². The number of sulfone groups is 1. The lowest BCUT2D eigenvalue weighted by Crippen LogP contribution is -2.19. The second-order valence-electron chi connectivity index (χ2n) is 5.82. The quantitative estimate of drug-likeness (QED) is 0.622. The molecule has 28 heavy (non-hydrogen) atoms. The molecule has 1 N–H and O–H groups in total. The number of aromatic nitrogens is 2. The molecule has 0 aliphatic rings. The lowest BCUT2D eigenvalue weighted by Gasteiger charge is -2.16. The largest absolute Gasteiger partial charge is 0.573 e. The SMILES string of the molecule is CCS(=O)(=O)c1ccc2nc(C(F)(F)c3cccc(OC(F)(F)F)c3)[nH]c2c1. The molecule has 0 amide bonds. The molecular formula is C17H13F5N2O3S. The second kappa shape index (κ2) is 6.73. The highest BCUT2D eigenvalue weighted by molar-refractivity contribution is 7.91. The monoisotopic (exact) mass is 420 g/mol. The molecule has 3 aromatic rings. The standard InChI is InChI=1S/C17H13F5N2O3S/c1-2-28(25,26)12-6-7-13-14(9-12)24-15(23-13)16(18,19)10-4-3-5-11(8-10)27-17(20,21)22/h3-9H,2H2,1H3,(H,23,24). The Balaban J connectivity index is 2.02. The van der Waals surface area contributed by atoms with Gasteiger partial charge in [0.15, 0.2) is 15.7 Å².